The largest absolute Gasteiger partial charge is 0.345 e. The minimum atomic E-state index is -3.67. The van der Waals surface area contributed by atoms with Crippen LogP contribution in [0.5, 0.6) is 0 Å². The Morgan fingerprint density at radius 2 is 1.50 bits per heavy atom. The van der Waals surface area contributed by atoms with Gasteiger partial charge >= 0.3 is 0 Å². The molecule has 0 saturated heterocycles. The maximum Gasteiger partial charge on any atom is 0.273 e. The normalized spacial score (nSPS) is 11.9. The Morgan fingerprint density at radius 3 is 2.17 bits per heavy atom. The van der Waals surface area contributed by atoms with Crippen molar-refractivity contribution in [3.05, 3.63) is 113 Å². The lowest BCUT2D eigenvalue weighted by Gasteiger charge is -2.19. The van der Waals surface area contributed by atoms with E-state index >= 15 is 0 Å². The highest BCUT2D eigenvalue weighted by molar-refractivity contribution is 7.94. The molecule has 2 amide bonds. The zero-order valence-corrected chi connectivity index (χ0v) is 21.3. The molecule has 4 aromatic rings. The number of para-hydroxylation sites is 1. The van der Waals surface area contributed by atoms with Crippen LogP contribution in [0.1, 0.15) is 39.2 Å². The van der Waals surface area contributed by atoms with E-state index in [2.05, 4.69) is 10.6 Å². The zero-order chi connectivity index (χ0) is 25.7. The Kier molecular flexibility index (Phi) is 7.52. The third-order valence-electron chi connectivity index (χ3n) is 5.67. The van der Waals surface area contributed by atoms with E-state index in [1.54, 1.807) is 66.0 Å². The van der Waals surface area contributed by atoms with Gasteiger partial charge in [-0.15, -0.1) is 11.3 Å². The molecule has 0 spiro atoms. The van der Waals surface area contributed by atoms with Gasteiger partial charge in [-0.25, -0.2) is 8.42 Å². The van der Waals surface area contributed by atoms with Crippen molar-refractivity contribution in [3.8, 4) is 0 Å². The van der Waals surface area contributed by atoms with Crippen molar-refractivity contribution in [2.75, 3.05) is 16.7 Å². The fourth-order valence-electron chi connectivity index (χ4n) is 3.59. The summed E-state index contributed by atoms with van der Waals surface area (Å²) in [5.74, 6) is -0.723. The molecule has 3 aromatic carbocycles. The highest BCUT2D eigenvalue weighted by Gasteiger charge is 2.22. The number of hydrogen-bond acceptors (Lipinski definition) is 5. The van der Waals surface area contributed by atoms with Gasteiger partial charge in [0, 0.05) is 12.6 Å². The van der Waals surface area contributed by atoms with Gasteiger partial charge in [-0.2, -0.15) is 0 Å². The van der Waals surface area contributed by atoms with Crippen molar-refractivity contribution in [2.24, 2.45) is 0 Å². The molecular weight excluding hydrogens is 494 g/mol. The molecule has 184 valence electrons. The Hall–Kier alpha value is -3.95. The number of nitrogens with zero attached hydrogens (tertiary/aromatic N) is 1. The molecule has 7 nitrogen and oxygen atoms in total. The van der Waals surface area contributed by atoms with E-state index < -0.39 is 15.9 Å². The van der Waals surface area contributed by atoms with Gasteiger partial charge in [-0.05, 0) is 60.3 Å². The van der Waals surface area contributed by atoms with Crippen molar-refractivity contribution in [3.63, 3.8) is 0 Å². The van der Waals surface area contributed by atoms with Crippen LogP contribution < -0.4 is 14.9 Å². The summed E-state index contributed by atoms with van der Waals surface area (Å²) in [6, 6.07) is 25.6. The van der Waals surface area contributed by atoms with Crippen molar-refractivity contribution >= 4 is 44.5 Å². The van der Waals surface area contributed by atoms with Gasteiger partial charge in [-0.3, -0.25) is 13.9 Å². The molecule has 2 N–H and O–H groups in total. The molecule has 0 aliphatic rings. The van der Waals surface area contributed by atoms with E-state index in [0.717, 1.165) is 16.9 Å². The summed E-state index contributed by atoms with van der Waals surface area (Å²) in [5, 5.41) is 7.45. The molecule has 0 radical (unpaired) electrons. The van der Waals surface area contributed by atoms with Gasteiger partial charge in [-0.1, -0.05) is 48.5 Å². The molecule has 1 atom stereocenters. The van der Waals surface area contributed by atoms with E-state index in [1.165, 1.54) is 11.4 Å². The lowest BCUT2D eigenvalue weighted by atomic mass is 10.1. The Bertz CT molecular complexity index is 1450. The average molecular weight is 520 g/mol. The predicted molar refractivity (Wildman–Crippen MR) is 143 cm³/mol. The quantitative estimate of drug-likeness (QED) is 0.330. The van der Waals surface area contributed by atoms with E-state index in [9.17, 15) is 18.0 Å². The molecule has 0 bridgehead atoms. The molecule has 0 saturated carbocycles. The Balaban J connectivity index is 1.47. The van der Waals surface area contributed by atoms with Crippen LogP contribution in [0.3, 0.4) is 0 Å². The number of hydrogen-bond donors (Lipinski definition) is 2. The van der Waals surface area contributed by atoms with Crippen LogP contribution in [0, 0.1) is 0 Å². The number of carbonyl (C=O) groups excluding carboxylic acids is 2. The second kappa shape index (κ2) is 10.8. The summed E-state index contributed by atoms with van der Waals surface area (Å²) in [6.07, 6.45) is 0. The van der Waals surface area contributed by atoms with Crippen LogP contribution in [-0.4, -0.2) is 27.3 Å². The minimum Gasteiger partial charge on any atom is -0.345 e. The Labute approximate surface area is 214 Å². The van der Waals surface area contributed by atoms with E-state index in [-0.39, 0.29) is 16.2 Å². The van der Waals surface area contributed by atoms with Crippen molar-refractivity contribution in [1.29, 1.82) is 0 Å². The maximum absolute atomic E-state index is 13.0. The molecule has 0 aliphatic heterocycles. The van der Waals surface area contributed by atoms with Gasteiger partial charge in [0.25, 0.3) is 21.8 Å². The standard InChI is InChI=1S/C27H25N3O4S2/c1-19(20-9-4-3-5-10-20)28-27(32)23-11-6-7-12-24(23)29-26(31)21-14-16-22(17-15-21)30(2)36(33,34)25-13-8-18-35-25/h3-19H,1-2H3,(H,28,32)(H,29,31). The molecule has 1 unspecified atom stereocenters. The topological polar surface area (TPSA) is 95.6 Å². The summed E-state index contributed by atoms with van der Waals surface area (Å²) in [6.45, 7) is 1.89. The highest BCUT2D eigenvalue weighted by Crippen LogP contribution is 2.26. The first kappa shape index (κ1) is 25.2. The molecule has 1 heterocycles. The average Bonchev–Trinajstić information content (AvgIpc) is 3.45. The fraction of sp³-hybridized carbons (Fsp3) is 0.111. The molecule has 0 fully saturated rings. The number of nitrogens with one attached hydrogen (secondary N) is 2. The van der Waals surface area contributed by atoms with E-state index in [4.69, 9.17) is 0 Å². The second-order valence-corrected chi connectivity index (χ2v) is 11.2. The molecular formula is C27H25N3O4S2. The maximum atomic E-state index is 13.0. The SMILES string of the molecule is CC(NC(=O)c1ccccc1NC(=O)c1ccc(N(C)S(=O)(=O)c2cccs2)cc1)c1ccccc1. The number of sulfonamides is 1. The zero-order valence-electron chi connectivity index (χ0n) is 19.7. The minimum absolute atomic E-state index is 0.211. The summed E-state index contributed by atoms with van der Waals surface area (Å²) in [7, 11) is -2.20. The van der Waals surface area contributed by atoms with Crippen molar-refractivity contribution < 1.29 is 18.0 Å². The van der Waals surface area contributed by atoms with Crippen LogP contribution >= 0.6 is 11.3 Å². The number of benzene rings is 3. The number of rotatable bonds is 8. The van der Waals surface area contributed by atoms with Gasteiger partial charge in [0.05, 0.1) is 23.0 Å². The molecule has 9 heteroatoms. The molecule has 4 rings (SSSR count). The highest BCUT2D eigenvalue weighted by atomic mass is 32.2. The predicted octanol–water partition coefficient (Wildman–Crippen LogP) is 5.32. The first-order valence-corrected chi connectivity index (χ1v) is 13.5. The number of thiophene rings is 1. The summed E-state index contributed by atoms with van der Waals surface area (Å²) in [5.41, 5.74) is 2.44. The van der Waals surface area contributed by atoms with Crippen LogP contribution in [0.15, 0.2) is 101 Å². The third-order valence-corrected chi connectivity index (χ3v) is 8.83. The Morgan fingerprint density at radius 1 is 0.833 bits per heavy atom. The number of amides is 2. The lowest BCUT2D eigenvalue weighted by molar-refractivity contribution is 0.0940. The molecule has 36 heavy (non-hydrogen) atoms. The smallest absolute Gasteiger partial charge is 0.273 e. The number of anilines is 2. The first-order chi connectivity index (χ1) is 17.3. The van der Waals surface area contributed by atoms with Gasteiger partial charge in [0.15, 0.2) is 0 Å². The van der Waals surface area contributed by atoms with Crippen molar-refractivity contribution in [2.45, 2.75) is 17.2 Å². The van der Waals surface area contributed by atoms with Crippen LogP contribution in [0.2, 0.25) is 0 Å². The second-order valence-electron chi connectivity index (χ2n) is 8.06. The van der Waals surface area contributed by atoms with E-state index in [1.807, 2.05) is 37.3 Å². The summed E-state index contributed by atoms with van der Waals surface area (Å²) >= 11 is 1.14. The van der Waals surface area contributed by atoms with Gasteiger partial charge in [0.2, 0.25) is 0 Å². The van der Waals surface area contributed by atoms with Gasteiger partial charge in [0.1, 0.15) is 4.21 Å². The van der Waals surface area contributed by atoms with Crippen LogP contribution in [0.25, 0.3) is 0 Å². The first-order valence-electron chi connectivity index (χ1n) is 11.2. The monoisotopic (exact) mass is 519 g/mol. The molecule has 1 aromatic heterocycles. The van der Waals surface area contributed by atoms with Crippen LogP contribution in [-0.2, 0) is 10.0 Å². The molecule has 0 aliphatic carbocycles. The fourth-order valence-corrected chi connectivity index (χ4v) is 5.95. The third kappa shape index (κ3) is 5.48. The van der Waals surface area contributed by atoms with E-state index in [0.29, 0.717) is 22.5 Å². The van der Waals surface area contributed by atoms with Crippen molar-refractivity contribution in [1.82, 2.24) is 5.32 Å². The number of carbonyl (C=O) groups is 2. The van der Waals surface area contributed by atoms with Crippen LogP contribution in [0.4, 0.5) is 11.4 Å². The summed E-state index contributed by atoms with van der Waals surface area (Å²) < 4.78 is 26.9. The van der Waals surface area contributed by atoms with Gasteiger partial charge < -0.3 is 10.6 Å². The summed E-state index contributed by atoms with van der Waals surface area (Å²) in [4.78, 5) is 25.9. The lowest BCUT2D eigenvalue weighted by Crippen LogP contribution is -2.28.